The van der Waals surface area contributed by atoms with Gasteiger partial charge in [-0.1, -0.05) is 24.3 Å². The van der Waals surface area contributed by atoms with Crippen molar-refractivity contribution in [1.29, 1.82) is 0 Å². The zero-order valence-corrected chi connectivity index (χ0v) is 17.4. The van der Waals surface area contributed by atoms with Crippen LogP contribution in [0.5, 0.6) is 5.75 Å². The maximum Gasteiger partial charge on any atom is 0.353 e. The standard InChI is InChI=1S/C23H23NO7/c1-23(2,3)31-18(26)11-24-21(28)19-20(27)16-8-7-15(10-17(16)30-22(19)29)14-6-4-5-13(9-14)12-25/h4-10,25,27H,11-12H2,1-3H3,(H,24,28). The highest BCUT2D eigenvalue weighted by molar-refractivity contribution is 6.02. The van der Waals surface area contributed by atoms with Crippen molar-refractivity contribution in [3.8, 4) is 16.9 Å². The zero-order valence-electron chi connectivity index (χ0n) is 17.4. The average Bonchev–Trinajstić information content (AvgIpc) is 2.70. The van der Waals surface area contributed by atoms with Crippen LogP contribution in [0.1, 0.15) is 36.7 Å². The maximum absolute atomic E-state index is 12.4. The molecule has 8 heteroatoms. The van der Waals surface area contributed by atoms with Crippen LogP contribution in [0.2, 0.25) is 0 Å². The van der Waals surface area contributed by atoms with E-state index in [1.54, 1.807) is 51.1 Å². The number of rotatable bonds is 5. The van der Waals surface area contributed by atoms with Gasteiger partial charge in [0.1, 0.15) is 23.5 Å². The smallest absolute Gasteiger partial charge is 0.353 e. The third-order valence-electron chi connectivity index (χ3n) is 4.36. The molecule has 0 bridgehead atoms. The van der Waals surface area contributed by atoms with Gasteiger partial charge >= 0.3 is 11.6 Å². The largest absolute Gasteiger partial charge is 0.506 e. The molecule has 8 nitrogen and oxygen atoms in total. The van der Waals surface area contributed by atoms with Crippen molar-refractivity contribution in [2.45, 2.75) is 33.0 Å². The maximum atomic E-state index is 12.4. The van der Waals surface area contributed by atoms with Crippen LogP contribution in [0.3, 0.4) is 0 Å². The Hall–Kier alpha value is -3.65. The summed E-state index contributed by atoms with van der Waals surface area (Å²) in [4.78, 5) is 36.6. The third kappa shape index (κ3) is 5.10. The fourth-order valence-corrected chi connectivity index (χ4v) is 3.03. The molecule has 1 amide bonds. The summed E-state index contributed by atoms with van der Waals surface area (Å²) in [6, 6.07) is 12.0. The molecule has 3 rings (SSSR count). The van der Waals surface area contributed by atoms with Crippen LogP contribution in [0.25, 0.3) is 22.1 Å². The highest BCUT2D eigenvalue weighted by Crippen LogP contribution is 2.30. The monoisotopic (exact) mass is 425 g/mol. The Labute approximate surface area is 178 Å². The molecule has 1 heterocycles. The molecule has 0 fully saturated rings. The molecule has 1 aromatic heterocycles. The Morgan fingerprint density at radius 1 is 1.10 bits per heavy atom. The first-order valence-electron chi connectivity index (χ1n) is 9.59. The van der Waals surface area contributed by atoms with Crippen LogP contribution >= 0.6 is 0 Å². The third-order valence-corrected chi connectivity index (χ3v) is 4.36. The molecule has 0 spiro atoms. The first-order chi connectivity index (χ1) is 14.6. The molecule has 0 radical (unpaired) electrons. The van der Waals surface area contributed by atoms with E-state index in [4.69, 9.17) is 9.15 Å². The highest BCUT2D eigenvalue weighted by Gasteiger charge is 2.23. The number of hydrogen-bond acceptors (Lipinski definition) is 7. The van der Waals surface area contributed by atoms with Gasteiger partial charge in [0.05, 0.1) is 12.0 Å². The summed E-state index contributed by atoms with van der Waals surface area (Å²) in [6.07, 6.45) is 0. The molecule has 0 aliphatic heterocycles. The number of benzene rings is 2. The van der Waals surface area contributed by atoms with E-state index in [2.05, 4.69) is 5.32 Å². The van der Waals surface area contributed by atoms with Gasteiger partial charge in [-0.25, -0.2) is 4.79 Å². The van der Waals surface area contributed by atoms with E-state index in [9.17, 15) is 24.6 Å². The van der Waals surface area contributed by atoms with Gasteiger partial charge in [0.2, 0.25) is 0 Å². The van der Waals surface area contributed by atoms with Gasteiger partial charge in [-0.15, -0.1) is 0 Å². The highest BCUT2D eigenvalue weighted by atomic mass is 16.6. The summed E-state index contributed by atoms with van der Waals surface area (Å²) in [7, 11) is 0. The number of amides is 1. The lowest BCUT2D eigenvalue weighted by Crippen LogP contribution is -2.36. The molecule has 31 heavy (non-hydrogen) atoms. The Kier molecular flexibility index (Phi) is 6.12. The molecule has 0 atom stereocenters. The fourth-order valence-electron chi connectivity index (χ4n) is 3.03. The first-order valence-corrected chi connectivity index (χ1v) is 9.59. The Bertz CT molecular complexity index is 1200. The van der Waals surface area contributed by atoms with E-state index in [1.807, 2.05) is 6.07 Å². The molecule has 0 saturated heterocycles. The molecule has 3 aromatic rings. The summed E-state index contributed by atoms with van der Waals surface area (Å²) >= 11 is 0. The van der Waals surface area contributed by atoms with Crippen molar-refractivity contribution in [3.05, 3.63) is 64.0 Å². The SMILES string of the molecule is CC(C)(C)OC(=O)CNC(=O)c1c(O)c2ccc(-c3cccc(CO)c3)cc2oc1=O. The molecular formula is C23H23NO7. The minimum Gasteiger partial charge on any atom is -0.506 e. The number of esters is 1. The second-order valence-corrected chi connectivity index (χ2v) is 7.95. The number of fused-ring (bicyclic) bond motifs is 1. The van der Waals surface area contributed by atoms with Crippen LogP contribution in [0, 0.1) is 0 Å². The number of nitrogens with one attached hydrogen (secondary N) is 1. The summed E-state index contributed by atoms with van der Waals surface area (Å²) < 4.78 is 10.4. The van der Waals surface area contributed by atoms with E-state index in [0.717, 1.165) is 11.1 Å². The van der Waals surface area contributed by atoms with E-state index < -0.39 is 41.0 Å². The second-order valence-electron chi connectivity index (χ2n) is 7.95. The zero-order chi connectivity index (χ0) is 22.8. The van der Waals surface area contributed by atoms with Gasteiger partial charge in [-0.05, 0) is 55.7 Å². The van der Waals surface area contributed by atoms with Crippen molar-refractivity contribution in [3.63, 3.8) is 0 Å². The molecule has 0 aliphatic carbocycles. The number of carbonyl (C=O) groups is 2. The minimum atomic E-state index is -1.03. The molecule has 0 saturated carbocycles. The number of aliphatic hydroxyl groups is 1. The normalized spacial score (nSPS) is 11.4. The van der Waals surface area contributed by atoms with Crippen molar-refractivity contribution >= 4 is 22.8 Å². The molecular weight excluding hydrogens is 402 g/mol. The van der Waals surface area contributed by atoms with Crippen molar-refractivity contribution < 1.29 is 29.0 Å². The number of hydrogen-bond donors (Lipinski definition) is 3. The van der Waals surface area contributed by atoms with Crippen LogP contribution < -0.4 is 10.9 Å². The van der Waals surface area contributed by atoms with Crippen molar-refractivity contribution in [2.24, 2.45) is 0 Å². The van der Waals surface area contributed by atoms with Gasteiger partial charge in [0, 0.05) is 0 Å². The molecule has 3 N–H and O–H groups in total. The predicted octanol–water partition coefficient (Wildman–Crippen LogP) is 2.73. The molecule has 2 aromatic carbocycles. The second kappa shape index (κ2) is 8.61. The molecule has 162 valence electrons. The van der Waals surface area contributed by atoms with E-state index >= 15 is 0 Å². The van der Waals surface area contributed by atoms with Gasteiger partial charge in [-0.2, -0.15) is 0 Å². The fraction of sp³-hybridized carbons (Fsp3) is 0.261. The summed E-state index contributed by atoms with van der Waals surface area (Å²) in [5.41, 5.74) is -0.0429. The lowest BCUT2D eigenvalue weighted by Gasteiger charge is -2.19. The molecule has 0 aliphatic rings. The van der Waals surface area contributed by atoms with E-state index in [-0.39, 0.29) is 17.6 Å². The van der Waals surface area contributed by atoms with Crippen LogP contribution in [-0.4, -0.2) is 34.2 Å². The average molecular weight is 425 g/mol. The lowest BCUT2D eigenvalue weighted by molar-refractivity contribution is -0.153. The Morgan fingerprint density at radius 2 is 1.81 bits per heavy atom. The lowest BCUT2D eigenvalue weighted by atomic mass is 10.0. The predicted molar refractivity (Wildman–Crippen MR) is 114 cm³/mol. The first kappa shape index (κ1) is 22.0. The van der Waals surface area contributed by atoms with Gasteiger partial charge < -0.3 is 24.7 Å². The number of aromatic hydroxyl groups is 1. The van der Waals surface area contributed by atoms with Crippen LogP contribution in [-0.2, 0) is 16.1 Å². The number of ether oxygens (including phenoxy) is 1. The van der Waals surface area contributed by atoms with Crippen molar-refractivity contribution in [2.75, 3.05) is 6.54 Å². The van der Waals surface area contributed by atoms with Crippen LogP contribution in [0.4, 0.5) is 0 Å². The Morgan fingerprint density at radius 3 is 2.48 bits per heavy atom. The quantitative estimate of drug-likeness (QED) is 0.424. The summed E-state index contributed by atoms with van der Waals surface area (Å²) in [5.74, 6) is -2.16. The molecule has 0 unspecified atom stereocenters. The van der Waals surface area contributed by atoms with Crippen molar-refractivity contribution in [1.82, 2.24) is 5.32 Å². The summed E-state index contributed by atoms with van der Waals surface area (Å²) in [5, 5.41) is 22.3. The van der Waals surface area contributed by atoms with E-state index in [0.29, 0.717) is 5.56 Å². The van der Waals surface area contributed by atoms with Gasteiger partial charge in [0.25, 0.3) is 5.91 Å². The number of carbonyl (C=O) groups excluding carboxylic acids is 2. The van der Waals surface area contributed by atoms with E-state index in [1.165, 1.54) is 6.07 Å². The Balaban J connectivity index is 1.90. The van der Waals surface area contributed by atoms with Gasteiger partial charge in [0.15, 0.2) is 5.56 Å². The van der Waals surface area contributed by atoms with Crippen LogP contribution in [0.15, 0.2) is 51.7 Å². The number of aliphatic hydroxyl groups excluding tert-OH is 1. The summed E-state index contributed by atoms with van der Waals surface area (Å²) in [6.45, 7) is 4.48. The van der Waals surface area contributed by atoms with Gasteiger partial charge in [-0.3, -0.25) is 9.59 Å². The topological polar surface area (TPSA) is 126 Å². The minimum absolute atomic E-state index is 0.0955.